The number of amides is 1. The van der Waals surface area contributed by atoms with Gasteiger partial charge in [0.05, 0.1) is 17.1 Å². The van der Waals surface area contributed by atoms with Crippen molar-refractivity contribution in [2.45, 2.75) is 39.4 Å². The number of carbonyl (C=O) groups excluding carboxylic acids is 1. The van der Waals surface area contributed by atoms with Gasteiger partial charge in [-0.3, -0.25) is 15.0 Å². The number of hydrogen-bond acceptors (Lipinski definition) is 8. The summed E-state index contributed by atoms with van der Waals surface area (Å²) in [5.41, 5.74) is 5.09. The number of aromatic nitrogens is 3. The molecule has 1 unspecified atom stereocenters. The largest absolute Gasteiger partial charge is 0.573 e. The van der Waals surface area contributed by atoms with Crippen LogP contribution in [0, 0.1) is 6.92 Å². The van der Waals surface area contributed by atoms with Gasteiger partial charge in [0.15, 0.2) is 11.0 Å². The zero-order chi connectivity index (χ0) is 30.6. The summed E-state index contributed by atoms with van der Waals surface area (Å²) in [7, 11) is 0. The van der Waals surface area contributed by atoms with Crippen molar-refractivity contribution in [3.8, 4) is 22.8 Å². The highest BCUT2D eigenvalue weighted by atomic mass is 32.2. The number of rotatable bonds is 10. The molecule has 5 rings (SSSR count). The first-order valence-electron chi connectivity index (χ1n) is 13.5. The van der Waals surface area contributed by atoms with E-state index in [1.807, 2.05) is 56.3 Å². The molecule has 1 amide bonds. The third kappa shape index (κ3) is 7.42. The zero-order valence-electron chi connectivity index (χ0n) is 23.4. The molecule has 1 aliphatic heterocycles. The summed E-state index contributed by atoms with van der Waals surface area (Å²) >= 11 is 1.30. The maximum atomic E-state index is 12.7. The quantitative estimate of drug-likeness (QED) is 0.237. The first kappa shape index (κ1) is 30.3. The normalized spacial score (nSPS) is 15.3. The lowest BCUT2D eigenvalue weighted by Gasteiger charge is -2.22. The maximum Gasteiger partial charge on any atom is 0.573 e. The molecule has 0 saturated carbocycles. The van der Waals surface area contributed by atoms with Crippen molar-refractivity contribution in [3.05, 3.63) is 89.7 Å². The van der Waals surface area contributed by atoms with Crippen LogP contribution in [0.1, 0.15) is 23.6 Å². The molecule has 0 spiro atoms. The third-order valence-corrected chi connectivity index (χ3v) is 7.61. The number of ether oxygens (including phenoxy) is 1. The second kappa shape index (κ2) is 13.0. The van der Waals surface area contributed by atoms with E-state index in [-0.39, 0.29) is 17.4 Å². The van der Waals surface area contributed by atoms with Gasteiger partial charge in [-0.15, -0.1) is 18.3 Å². The standard InChI is InChI=1S/C30H29F3N6O3S/c1-3-21-8-4-6-19(2)26(21)39-25(40)17-43-29(39)36-28(41)34-15-14-20-7-5-9-22(16-20)27-35-18-38(37-27)23-10-12-24(13-11-23)42-30(31,32)33/h4-13,16,18,28,34,41H,3,14-15,17H2,1-2H3/b36-29-. The molecule has 0 aliphatic carbocycles. The molecule has 1 aromatic heterocycles. The number of thioether (sulfide) groups is 1. The monoisotopic (exact) mass is 610 g/mol. The Morgan fingerprint density at radius 3 is 2.65 bits per heavy atom. The Labute approximate surface area is 250 Å². The highest BCUT2D eigenvalue weighted by Gasteiger charge is 2.33. The molecule has 9 nitrogen and oxygen atoms in total. The second-order valence-corrected chi connectivity index (χ2v) is 10.6. The summed E-state index contributed by atoms with van der Waals surface area (Å²) in [6.45, 7) is 4.41. The summed E-state index contributed by atoms with van der Waals surface area (Å²) in [6, 6.07) is 18.9. The topological polar surface area (TPSA) is 105 Å². The number of hydrogen-bond donors (Lipinski definition) is 2. The van der Waals surface area contributed by atoms with Crippen molar-refractivity contribution in [2.75, 3.05) is 17.2 Å². The number of nitrogens with zero attached hydrogens (tertiary/aromatic N) is 5. The van der Waals surface area contributed by atoms with E-state index in [0.717, 1.165) is 34.4 Å². The van der Waals surface area contributed by atoms with E-state index in [9.17, 15) is 23.1 Å². The van der Waals surface area contributed by atoms with Gasteiger partial charge in [-0.05, 0) is 66.8 Å². The number of aliphatic hydroxyl groups is 1. The summed E-state index contributed by atoms with van der Waals surface area (Å²) in [4.78, 5) is 23.1. The Kier molecular flexibility index (Phi) is 9.14. The molecule has 2 N–H and O–H groups in total. The van der Waals surface area contributed by atoms with Crippen molar-refractivity contribution in [2.24, 2.45) is 4.99 Å². The predicted molar refractivity (Wildman–Crippen MR) is 159 cm³/mol. The average molecular weight is 611 g/mol. The SMILES string of the molecule is CCc1cccc(C)c1N1C(=O)CS/C1=N\C(O)NCCc1cccc(-c2ncn(-c3ccc(OC(F)(F)F)cc3)n2)c1. The van der Waals surface area contributed by atoms with Crippen molar-refractivity contribution >= 4 is 28.5 Å². The molecular weight excluding hydrogens is 581 g/mol. The van der Waals surface area contributed by atoms with E-state index < -0.39 is 12.7 Å². The molecule has 4 aromatic rings. The maximum absolute atomic E-state index is 12.7. The van der Waals surface area contributed by atoms with Crippen LogP contribution in [-0.2, 0) is 17.6 Å². The van der Waals surface area contributed by atoms with Gasteiger partial charge in [0.2, 0.25) is 12.3 Å². The Balaban J connectivity index is 1.20. The fraction of sp³-hybridized carbons (Fsp3) is 0.267. The lowest BCUT2D eigenvalue weighted by atomic mass is 10.0. The minimum Gasteiger partial charge on any atom is -0.406 e. The van der Waals surface area contributed by atoms with Crippen LogP contribution in [0.3, 0.4) is 0 Å². The number of aliphatic hydroxyl groups excluding tert-OH is 1. The van der Waals surface area contributed by atoms with Gasteiger partial charge < -0.3 is 9.84 Å². The molecule has 43 heavy (non-hydrogen) atoms. The first-order valence-corrected chi connectivity index (χ1v) is 14.5. The molecule has 1 fully saturated rings. The van der Waals surface area contributed by atoms with E-state index in [2.05, 4.69) is 25.1 Å². The van der Waals surface area contributed by atoms with Crippen LogP contribution in [0.4, 0.5) is 18.9 Å². The predicted octanol–water partition coefficient (Wildman–Crippen LogP) is 5.25. The number of benzene rings is 3. The molecule has 1 saturated heterocycles. The number of aryl methyl sites for hydroxylation is 2. The van der Waals surface area contributed by atoms with Crippen molar-refractivity contribution in [1.82, 2.24) is 20.1 Å². The summed E-state index contributed by atoms with van der Waals surface area (Å²) < 4.78 is 42.6. The van der Waals surface area contributed by atoms with Crippen LogP contribution < -0.4 is 15.0 Å². The van der Waals surface area contributed by atoms with Gasteiger partial charge in [-0.2, -0.15) is 0 Å². The van der Waals surface area contributed by atoms with Gasteiger partial charge in [0, 0.05) is 12.1 Å². The molecule has 1 aliphatic rings. The highest BCUT2D eigenvalue weighted by molar-refractivity contribution is 8.15. The van der Waals surface area contributed by atoms with Crippen LogP contribution in [0.2, 0.25) is 0 Å². The number of alkyl halides is 3. The number of carbonyl (C=O) groups is 1. The second-order valence-electron chi connectivity index (χ2n) is 9.70. The smallest absolute Gasteiger partial charge is 0.406 e. The van der Waals surface area contributed by atoms with E-state index in [1.54, 1.807) is 4.90 Å². The molecule has 13 heteroatoms. The van der Waals surface area contributed by atoms with Crippen LogP contribution in [-0.4, -0.2) is 56.0 Å². The van der Waals surface area contributed by atoms with Gasteiger partial charge in [0.25, 0.3) is 0 Å². The van der Waals surface area contributed by atoms with Crippen LogP contribution in [0.25, 0.3) is 17.1 Å². The molecule has 0 radical (unpaired) electrons. The summed E-state index contributed by atoms with van der Waals surface area (Å²) in [5, 5.41) is 18.5. The molecule has 3 aromatic carbocycles. The number of anilines is 1. The van der Waals surface area contributed by atoms with Gasteiger partial charge in [-0.25, -0.2) is 14.7 Å². The fourth-order valence-electron chi connectivity index (χ4n) is 4.68. The Hall–Kier alpha value is -4.20. The molecule has 224 valence electrons. The number of aliphatic imine (C=N–C) groups is 1. The fourth-order valence-corrected chi connectivity index (χ4v) is 5.56. The van der Waals surface area contributed by atoms with Gasteiger partial charge >= 0.3 is 6.36 Å². The summed E-state index contributed by atoms with van der Waals surface area (Å²) in [5.74, 6) is 0.319. The number of halogens is 3. The zero-order valence-corrected chi connectivity index (χ0v) is 24.2. The van der Waals surface area contributed by atoms with Gasteiger partial charge in [-0.1, -0.05) is 55.1 Å². The number of para-hydroxylation sites is 1. The van der Waals surface area contributed by atoms with Crippen LogP contribution >= 0.6 is 11.8 Å². The first-order chi connectivity index (χ1) is 20.6. The number of amidine groups is 1. The van der Waals surface area contributed by atoms with Crippen molar-refractivity contribution in [1.29, 1.82) is 0 Å². The average Bonchev–Trinajstić information content (AvgIpc) is 3.60. The van der Waals surface area contributed by atoms with E-state index in [4.69, 9.17) is 0 Å². The molecule has 2 heterocycles. The summed E-state index contributed by atoms with van der Waals surface area (Å²) in [6.07, 6.45) is -3.13. The van der Waals surface area contributed by atoms with Crippen molar-refractivity contribution in [3.63, 3.8) is 0 Å². The van der Waals surface area contributed by atoms with Crippen LogP contribution in [0.5, 0.6) is 5.75 Å². The number of nitrogens with one attached hydrogen (secondary N) is 1. The highest BCUT2D eigenvalue weighted by Crippen LogP contribution is 2.33. The van der Waals surface area contributed by atoms with Crippen LogP contribution in [0.15, 0.2) is 78.0 Å². The minimum absolute atomic E-state index is 0.0692. The molecule has 0 bridgehead atoms. The van der Waals surface area contributed by atoms with Crippen molar-refractivity contribution < 1.29 is 27.8 Å². The lowest BCUT2D eigenvalue weighted by Crippen LogP contribution is -2.35. The third-order valence-electron chi connectivity index (χ3n) is 6.68. The molecule has 1 atom stereocenters. The minimum atomic E-state index is -4.76. The van der Waals surface area contributed by atoms with E-state index >= 15 is 0 Å². The Morgan fingerprint density at radius 2 is 1.91 bits per heavy atom. The Bertz CT molecular complexity index is 1620. The lowest BCUT2D eigenvalue weighted by molar-refractivity contribution is -0.274. The van der Waals surface area contributed by atoms with E-state index in [0.29, 0.717) is 29.6 Å². The van der Waals surface area contributed by atoms with E-state index in [1.165, 1.54) is 47.0 Å². The Morgan fingerprint density at radius 1 is 1.14 bits per heavy atom. The van der Waals surface area contributed by atoms with Gasteiger partial charge in [0.1, 0.15) is 12.1 Å². The molecular formula is C30H29F3N6O3S.